The number of unbranched alkanes of at least 4 members (excludes halogenated alkanes) is 19. The highest BCUT2D eigenvalue weighted by Crippen LogP contribution is 2.43. The van der Waals surface area contributed by atoms with Crippen molar-refractivity contribution in [3.05, 3.63) is 24.3 Å². The molecule has 0 bridgehead atoms. The third-order valence-electron chi connectivity index (χ3n) is 8.70. The minimum Gasteiger partial charge on any atom is -0.462 e. The second-order valence-corrected chi connectivity index (χ2v) is 16.5. The Morgan fingerprint density at radius 3 is 1.51 bits per heavy atom. The Morgan fingerprint density at radius 1 is 0.588 bits per heavy atom. The molecule has 0 aliphatic heterocycles. The average molecular weight is 745 g/mol. The average Bonchev–Trinajstić information content (AvgIpc) is 3.07. The van der Waals surface area contributed by atoms with Gasteiger partial charge in [-0.3, -0.25) is 18.6 Å². The van der Waals surface area contributed by atoms with Gasteiger partial charge in [0.1, 0.15) is 19.8 Å². The molecule has 0 amide bonds. The summed E-state index contributed by atoms with van der Waals surface area (Å²) < 4.78 is 34.2. The molecule has 9 nitrogen and oxygen atoms in total. The van der Waals surface area contributed by atoms with Gasteiger partial charge >= 0.3 is 19.8 Å². The zero-order valence-corrected chi connectivity index (χ0v) is 34.5. The van der Waals surface area contributed by atoms with Crippen LogP contribution in [0.2, 0.25) is 0 Å². The van der Waals surface area contributed by atoms with Crippen molar-refractivity contribution < 1.29 is 42.1 Å². The lowest BCUT2D eigenvalue weighted by Crippen LogP contribution is -2.37. The second kappa shape index (κ2) is 34.3. The van der Waals surface area contributed by atoms with Crippen LogP contribution in [0.5, 0.6) is 0 Å². The standard InChI is InChI=1S/C41H78NO8P/c1-6-8-10-12-14-16-18-20-21-22-24-26-28-30-32-34-41(44)50-39(38-49-51(45,46)48-36-35-42(3,4)5)37-47-40(43)33-31-29-27-25-23-19-17-15-13-11-9-7-2/h12,14-15,17,39H,6-11,13,16,18-38H2,1-5H3/p+1/b14-12+,17-15+/t39-/m1/s1. The summed E-state index contributed by atoms with van der Waals surface area (Å²) in [7, 11) is 1.47. The summed E-state index contributed by atoms with van der Waals surface area (Å²) in [5.41, 5.74) is 0. The molecule has 300 valence electrons. The van der Waals surface area contributed by atoms with Crippen LogP contribution < -0.4 is 0 Å². The minimum absolute atomic E-state index is 0.0310. The highest BCUT2D eigenvalue weighted by molar-refractivity contribution is 7.47. The Labute approximate surface area is 313 Å². The van der Waals surface area contributed by atoms with Crippen LogP contribution in [0.15, 0.2) is 24.3 Å². The van der Waals surface area contributed by atoms with Gasteiger partial charge in [-0.15, -0.1) is 0 Å². The largest absolute Gasteiger partial charge is 0.472 e. The lowest BCUT2D eigenvalue weighted by Gasteiger charge is -2.24. The van der Waals surface area contributed by atoms with E-state index >= 15 is 0 Å². The molecule has 0 aliphatic carbocycles. The Hall–Kier alpha value is -1.51. The summed E-state index contributed by atoms with van der Waals surface area (Å²) in [6, 6.07) is 0. The van der Waals surface area contributed by atoms with E-state index in [1.807, 2.05) is 21.1 Å². The molecule has 0 aromatic carbocycles. The van der Waals surface area contributed by atoms with E-state index in [1.165, 1.54) is 83.5 Å². The number of likely N-dealkylation sites (N-methyl/N-ethyl adjacent to an activating group) is 1. The molecule has 1 unspecified atom stereocenters. The molecule has 0 radical (unpaired) electrons. The third-order valence-corrected chi connectivity index (χ3v) is 9.69. The van der Waals surface area contributed by atoms with E-state index in [9.17, 15) is 19.0 Å². The molecule has 0 rings (SSSR count). The zero-order valence-electron chi connectivity index (χ0n) is 33.6. The predicted molar refractivity (Wildman–Crippen MR) is 211 cm³/mol. The topological polar surface area (TPSA) is 108 Å². The zero-order chi connectivity index (χ0) is 37.9. The van der Waals surface area contributed by atoms with Crippen molar-refractivity contribution in [1.29, 1.82) is 0 Å². The number of nitrogens with zero attached hydrogens (tertiary/aromatic N) is 1. The van der Waals surface area contributed by atoms with Crippen molar-refractivity contribution in [2.24, 2.45) is 0 Å². The van der Waals surface area contributed by atoms with Gasteiger partial charge in [0.25, 0.3) is 0 Å². The summed E-state index contributed by atoms with van der Waals surface area (Å²) in [6.45, 7) is 4.35. The smallest absolute Gasteiger partial charge is 0.462 e. The van der Waals surface area contributed by atoms with Crippen molar-refractivity contribution in [2.45, 2.75) is 180 Å². The number of phosphoric ester groups is 1. The predicted octanol–water partition coefficient (Wildman–Crippen LogP) is 11.2. The number of quaternary nitrogens is 1. The lowest BCUT2D eigenvalue weighted by molar-refractivity contribution is -0.870. The van der Waals surface area contributed by atoms with Crippen LogP contribution in [-0.4, -0.2) is 74.9 Å². The number of hydrogen-bond donors (Lipinski definition) is 1. The van der Waals surface area contributed by atoms with Gasteiger partial charge in [-0.2, -0.15) is 0 Å². The van der Waals surface area contributed by atoms with E-state index < -0.39 is 26.5 Å². The van der Waals surface area contributed by atoms with Crippen LogP contribution in [0.3, 0.4) is 0 Å². The van der Waals surface area contributed by atoms with E-state index in [0.717, 1.165) is 57.8 Å². The first kappa shape index (κ1) is 49.5. The fraction of sp³-hybridized carbons (Fsp3) is 0.854. The first-order valence-corrected chi connectivity index (χ1v) is 22.1. The van der Waals surface area contributed by atoms with Crippen molar-refractivity contribution in [1.82, 2.24) is 0 Å². The maximum absolute atomic E-state index is 12.6. The van der Waals surface area contributed by atoms with Crippen LogP contribution >= 0.6 is 7.82 Å². The number of rotatable bonds is 37. The number of ether oxygens (including phenoxy) is 2. The summed E-state index contributed by atoms with van der Waals surface area (Å²) in [5.74, 6) is -0.811. The number of carbonyl (C=O) groups excluding carboxylic acids is 2. The first-order chi connectivity index (χ1) is 24.5. The van der Waals surface area contributed by atoms with E-state index in [0.29, 0.717) is 17.4 Å². The van der Waals surface area contributed by atoms with Gasteiger partial charge in [0, 0.05) is 12.8 Å². The van der Waals surface area contributed by atoms with E-state index in [4.69, 9.17) is 18.5 Å². The third kappa shape index (κ3) is 38.0. The molecule has 10 heteroatoms. The fourth-order valence-electron chi connectivity index (χ4n) is 5.40. The highest BCUT2D eigenvalue weighted by atomic mass is 31.2. The number of phosphoric acid groups is 1. The van der Waals surface area contributed by atoms with Crippen LogP contribution in [0.25, 0.3) is 0 Å². The molecule has 0 heterocycles. The molecule has 0 aromatic heterocycles. The normalized spacial score (nSPS) is 13.9. The SMILES string of the molecule is CCCC/C=C/CCCCCCCCCCCC(=O)O[C@H](COC(=O)CCCCCCC/C=C/CCCCC)COP(=O)(O)OCC[N+](C)(C)C. The molecule has 2 atom stereocenters. The van der Waals surface area contributed by atoms with Gasteiger partial charge in [0.2, 0.25) is 0 Å². The maximum Gasteiger partial charge on any atom is 0.472 e. The van der Waals surface area contributed by atoms with Gasteiger partial charge in [-0.1, -0.05) is 128 Å². The summed E-state index contributed by atoms with van der Waals surface area (Å²) in [5, 5.41) is 0. The number of esters is 2. The first-order valence-electron chi connectivity index (χ1n) is 20.6. The Bertz CT molecular complexity index is 933. The molecule has 0 fully saturated rings. The maximum atomic E-state index is 12.6. The van der Waals surface area contributed by atoms with Crippen molar-refractivity contribution in [3.8, 4) is 0 Å². The van der Waals surface area contributed by atoms with Crippen molar-refractivity contribution in [2.75, 3.05) is 47.5 Å². The van der Waals surface area contributed by atoms with Gasteiger partial charge in [0.15, 0.2) is 6.10 Å². The van der Waals surface area contributed by atoms with Crippen LogP contribution in [0.4, 0.5) is 0 Å². The number of carbonyl (C=O) groups is 2. The number of allylic oxidation sites excluding steroid dienone is 4. The molecule has 0 aliphatic rings. The van der Waals surface area contributed by atoms with E-state index in [1.54, 1.807) is 0 Å². The van der Waals surface area contributed by atoms with Gasteiger partial charge < -0.3 is 18.9 Å². The summed E-state index contributed by atoms with van der Waals surface area (Å²) in [4.78, 5) is 35.2. The van der Waals surface area contributed by atoms with Crippen LogP contribution in [-0.2, 0) is 32.7 Å². The molecule has 0 spiro atoms. The van der Waals surface area contributed by atoms with Gasteiger partial charge in [-0.25, -0.2) is 4.57 Å². The van der Waals surface area contributed by atoms with Crippen molar-refractivity contribution >= 4 is 19.8 Å². The van der Waals surface area contributed by atoms with E-state index in [-0.39, 0.29) is 32.0 Å². The summed E-state index contributed by atoms with van der Waals surface area (Å²) in [6.07, 6.45) is 35.0. The van der Waals surface area contributed by atoms with E-state index in [2.05, 4.69) is 38.2 Å². The molecule has 51 heavy (non-hydrogen) atoms. The van der Waals surface area contributed by atoms with Gasteiger partial charge in [-0.05, 0) is 57.8 Å². The quantitative estimate of drug-likeness (QED) is 0.0220. The molecule has 1 N–H and O–H groups in total. The minimum atomic E-state index is -4.37. The van der Waals surface area contributed by atoms with Gasteiger partial charge in [0.05, 0.1) is 27.7 Å². The lowest BCUT2D eigenvalue weighted by atomic mass is 10.1. The monoisotopic (exact) mass is 745 g/mol. The second-order valence-electron chi connectivity index (χ2n) is 15.0. The summed E-state index contributed by atoms with van der Waals surface area (Å²) >= 11 is 0. The molecule has 0 saturated heterocycles. The molecular formula is C41H79NO8P+. The van der Waals surface area contributed by atoms with Crippen molar-refractivity contribution in [3.63, 3.8) is 0 Å². The Balaban J connectivity index is 4.40. The fourth-order valence-corrected chi connectivity index (χ4v) is 6.14. The molecular weight excluding hydrogens is 665 g/mol. The molecule has 0 saturated carbocycles. The number of hydrogen-bond acceptors (Lipinski definition) is 7. The Morgan fingerprint density at radius 2 is 1.02 bits per heavy atom. The Kier molecular flexibility index (Phi) is 33.3. The highest BCUT2D eigenvalue weighted by Gasteiger charge is 2.27. The van der Waals surface area contributed by atoms with Crippen LogP contribution in [0.1, 0.15) is 174 Å². The van der Waals surface area contributed by atoms with Crippen LogP contribution in [0, 0.1) is 0 Å². The molecule has 0 aromatic rings.